The monoisotopic (exact) mass is 512 g/mol. The van der Waals surface area contributed by atoms with Gasteiger partial charge < -0.3 is 31.5 Å². The van der Waals surface area contributed by atoms with Crippen LogP contribution >= 0.6 is 24.4 Å². The molecule has 0 bridgehead atoms. The highest BCUT2D eigenvalue weighted by Crippen LogP contribution is 2.20. The van der Waals surface area contributed by atoms with E-state index in [0.29, 0.717) is 31.6 Å². The highest BCUT2D eigenvalue weighted by atomic mass is 32.2. The number of hydrogen-bond acceptors (Lipinski definition) is 8. The third-order valence-corrected chi connectivity index (χ3v) is 6.60. The number of hydrogen-bond donors (Lipinski definition) is 6. The van der Waals surface area contributed by atoms with Crippen molar-refractivity contribution in [3.05, 3.63) is 29.8 Å². The number of benzene rings is 1. The molecule has 34 heavy (non-hydrogen) atoms. The van der Waals surface area contributed by atoms with Gasteiger partial charge in [0.15, 0.2) is 0 Å². The second-order valence-electron chi connectivity index (χ2n) is 8.09. The summed E-state index contributed by atoms with van der Waals surface area (Å²) in [5, 5.41) is 23.7. The number of nitrogens with zero attached hydrogens (tertiary/aromatic N) is 1. The molecule has 2 rings (SSSR count). The van der Waals surface area contributed by atoms with Gasteiger partial charge in [-0.25, -0.2) is 4.79 Å². The van der Waals surface area contributed by atoms with Gasteiger partial charge in [0, 0.05) is 12.3 Å². The van der Waals surface area contributed by atoms with Crippen LogP contribution in [0.2, 0.25) is 0 Å². The Morgan fingerprint density at radius 1 is 1.21 bits per heavy atom. The molecule has 10 nitrogen and oxygen atoms in total. The number of carbonyl (C=O) groups excluding carboxylic acids is 3. The molecule has 0 radical (unpaired) electrons. The molecule has 6 N–H and O–H groups in total. The molecule has 0 saturated carbocycles. The van der Waals surface area contributed by atoms with Gasteiger partial charge in [-0.3, -0.25) is 14.4 Å². The van der Waals surface area contributed by atoms with Gasteiger partial charge in [0.1, 0.15) is 23.9 Å². The third-order valence-electron chi connectivity index (χ3n) is 5.59. The number of phenolic OH excluding ortho intramolecular Hbond substituents is 1. The van der Waals surface area contributed by atoms with Crippen LogP contribution in [-0.2, 0) is 25.6 Å². The number of aliphatic carboxylic acids is 1. The van der Waals surface area contributed by atoms with Gasteiger partial charge in [-0.05, 0) is 55.4 Å². The molecule has 1 aliphatic rings. The van der Waals surface area contributed by atoms with Crippen LogP contribution in [0.25, 0.3) is 0 Å². The van der Waals surface area contributed by atoms with E-state index in [9.17, 15) is 29.4 Å². The topological polar surface area (TPSA) is 162 Å². The molecule has 0 aliphatic carbocycles. The maximum Gasteiger partial charge on any atom is 0.327 e. The van der Waals surface area contributed by atoms with Crippen molar-refractivity contribution >= 4 is 48.1 Å². The number of phenols is 1. The first kappa shape index (κ1) is 27.8. The molecule has 1 aromatic carbocycles. The summed E-state index contributed by atoms with van der Waals surface area (Å²) in [6.45, 7) is 0.334. The van der Waals surface area contributed by atoms with E-state index in [0.717, 1.165) is 5.56 Å². The summed E-state index contributed by atoms with van der Waals surface area (Å²) in [6, 6.07) is 2.62. The molecule has 12 heteroatoms. The van der Waals surface area contributed by atoms with Crippen molar-refractivity contribution in [1.29, 1.82) is 0 Å². The minimum absolute atomic E-state index is 0.0763. The van der Waals surface area contributed by atoms with Gasteiger partial charge >= 0.3 is 5.97 Å². The highest BCUT2D eigenvalue weighted by molar-refractivity contribution is 7.98. The van der Waals surface area contributed by atoms with Crippen LogP contribution in [0.3, 0.4) is 0 Å². The van der Waals surface area contributed by atoms with E-state index >= 15 is 0 Å². The highest BCUT2D eigenvalue weighted by Gasteiger charge is 2.38. The van der Waals surface area contributed by atoms with Crippen LogP contribution in [0.1, 0.15) is 24.8 Å². The number of rotatable bonds is 12. The zero-order valence-corrected chi connectivity index (χ0v) is 20.7. The lowest BCUT2D eigenvalue weighted by atomic mass is 10.0. The average molecular weight is 513 g/mol. The van der Waals surface area contributed by atoms with Crippen LogP contribution < -0.4 is 16.4 Å². The number of carbonyl (C=O) groups is 4. The second-order valence-corrected chi connectivity index (χ2v) is 9.44. The van der Waals surface area contributed by atoms with Crippen molar-refractivity contribution in [3.63, 3.8) is 0 Å². The lowest BCUT2D eigenvalue weighted by Gasteiger charge is -2.30. The molecule has 4 unspecified atom stereocenters. The summed E-state index contributed by atoms with van der Waals surface area (Å²) in [5.41, 5.74) is 6.82. The average Bonchev–Trinajstić information content (AvgIpc) is 3.30. The van der Waals surface area contributed by atoms with E-state index in [1.54, 1.807) is 12.1 Å². The molecule has 3 amide bonds. The van der Waals surface area contributed by atoms with E-state index in [2.05, 4.69) is 23.3 Å². The van der Waals surface area contributed by atoms with Crippen molar-refractivity contribution in [3.8, 4) is 5.75 Å². The zero-order valence-electron chi connectivity index (χ0n) is 19.0. The number of nitrogens with two attached hydrogens (primary N) is 1. The molecular weight excluding hydrogens is 480 g/mol. The fourth-order valence-corrected chi connectivity index (χ4v) is 4.43. The molecule has 4 atom stereocenters. The van der Waals surface area contributed by atoms with Crippen LogP contribution in [0, 0.1) is 0 Å². The first-order valence-electron chi connectivity index (χ1n) is 10.9. The smallest absolute Gasteiger partial charge is 0.327 e. The number of amides is 3. The molecule has 0 spiro atoms. The van der Waals surface area contributed by atoms with Gasteiger partial charge in [-0.1, -0.05) is 12.1 Å². The number of thioether (sulfide) groups is 1. The lowest BCUT2D eigenvalue weighted by Crippen LogP contribution is -2.57. The minimum atomic E-state index is -1.20. The van der Waals surface area contributed by atoms with Crippen LogP contribution in [0.15, 0.2) is 24.3 Å². The number of carboxylic acid groups (broad SMARTS) is 1. The fourth-order valence-electron chi connectivity index (χ4n) is 3.71. The number of nitrogens with one attached hydrogen (secondary N) is 2. The van der Waals surface area contributed by atoms with E-state index in [1.807, 2.05) is 6.26 Å². The molecule has 1 fully saturated rings. The van der Waals surface area contributed by atoms with Gasteiger partial charge in [-0.15, -0.1) is 0 Å². The summed E-state index contributed by atoms with van der Waals surface area (Å²) in [6.07, 6.45) is 3.46. The van der Waals surface area contributed by atoms with Gasteiger partial charge in [0.05, 0.1) is 6.04 Å². The molecule has 188 valence electrons. The SMILES string of the molecule is CSCCC(NC(=O)C(N)Cc1ccc(O)cc1)C(=O)N1CCCC1C(=O)NC(CS)C(=O)O. The van der Waals surface area contributed by atoms with Crippen molar-refractivity contribution in [2.24, 2.45) is 5.73 Å². The van der Waals surface area contributed by atoms with Crippen molar-refractivity contribution in [2.45, 2.75) is 49.9 Å². The largest absolute Gasteiger partial charge is 0.508 e. The Bertz CT molecular complexity index is 869. The number of carboxylic acids is 1. The van der Waals surface area contributed by atoms with Crippen molar-refractivity contribution < 1.29 is 29.4 Å². The Labute approximate surface area is 208 Å². The van der Waals surface area contributed by atoms with Gasteiger partial charge in [0.25, 0.3) is 0 Å². The lowest BCUT2D eigenvalue weighted by molar-refractivity contribution is -0.144. The molecule has 1 saturated heterocycles. The summed E-state index contributed by atoms with van der Waals surface area (Å²) >= 11 is 5.47. The van der Waals surface area contributed by atoms with Crippen molar-refractivity contribution in [1.82, 2.24) is 15.5 Å². The summed E-state index contributed by atoms with van der Waals surface area (Å²) in [7, 11) is 0. The minimum Gasteiger partial charge on any atom is -0.508 e. The second kappa shape index (κ2) is 13.4. The number of likely N-dealkylation sites (tertiary alicyclic amines) is 1. The van der Waals surface area contributed by atoms with Gasteiger partial charge in [0.2, 0.25) is 17.7 Å². The quantitative estimate of drug-likeness (QED) is 0.213. The van der Waals surface area contributed by atoms with Crippen LogP contribution in [-0.4, -0.2) is 87.3 Å². The normalized spacial score (nSPS) is 18.1. The van der Waals surface area contributed by atoms with Crippen molar-refractivity contribution in [2.75, 3.05) is 24.3 Å². The predicted octanol–water partition coefficient (Wildman–Crippen LogP) is -0.00990. The van der Waals surface area contributed by atoms with E-state index < -0.39 is 47.9 Å². The summed E-state index contributed by atoms with van der Waals surface area (Å²) in [4.78, 5) is 51.4. The Balaban J connectivity index is 2.07. The molecule has 0 aromatic heterocycles. The Morgan fingerprint density at radius 2 is 1.88 bits per heavy atom. The van der Waals surface area contributed by atoms with E-state index in [-0.39, 0.29) is 17.9 Å². The van der Waals surface area contributed by atoms with Gasteiger partial charge in [-0.2, -0.15) is 24.4 Å². The molecule has 1 heterocycles. The van der Waals surface area contributed by atoms with Crippen LogP contribution in [0.5, 0.6) is 5.75 Å². The summed E-state index contributed by atoms with van der Waals surface area (Å²) < 4.78 is 0. The Morgan fingerprint density at radius 3 is 2.47 bits per heavy atom. The fraction of sp³-hybridized carbons (Fsp3) is 0.545. The number of aromatic hydroxyl groups is 1. The third kappa shape index (κ3) is 7.81. The predicted molar refractivity (Wildman–Crippen MR) is 133 cm³/mol. The number of thiol groups is 1. The molecule has 1 aromatic rings. The molecular formula is C22H32N4O6S2. The standard InChI is InChI=1S/C22H32N4O6S2/c1-34-10-8-16(24-19(28)15(23)11-13-4-6-14(27)7-5-13)21(30)26-9-2-3-18(26)20(29)25-17(12-33)22(31)32/h4-7,15-18,27,33H,2-3,8-12,23H2,1H3,(H,24,28)(H,25,29)(H,31,32). The first-order valence-corrected chi connectivity index (χ1v) is 13.0. The Kier molecular flexibility index (Phi) is 11.0. The summed E-state index contributed by atoms with van der Waals surface area (Å²) in [5.74, 6) is -2.00. The first-order chi connectivity index (χ1) is 16.2. The zero-order chi connectivity index (χ0) is 25.3. The maximum absolute atomic E-state index is 13.3. The van der Waals surface area contributed by atoms with E-state index in [1.165, 1.54) is 28.8 Å². The maximum atomic E-state index is 13.3. The Hall–Kier alpha value is -2.44. The van der Waals surface area contributed by atoms with E-state index in [4.69, 9.17) is 5.73 Å². The molecule has 1 aliphatic heterocycles. The van der Waals surface area contributed by atoms with Crippen LogP contribution in [0.4, 0.5) is 0 Å².